The van der Waals surface area contributed by atoms with Crippen molar-refractivity contribution < 1.29 is 29.0 Å². The van der Waals surface area contributed by atoms with Crippen molar-refractivity contribution in [3.05, 3.63) is 71.3 Å². The summed E-state index contributed by atoms with van der Waals surface area (Å²) in [6, 6.07) is 9.37. The van der Waals surface area contributed by atoms with Gasteiger partial charge in [0.05, 0.1) is 28.5 Å². The molecule has 3 rings (SSSR count). The molecule has 0 radical (unpaired) electrons. The maximum Gasteiger partial charge on any atom is 0.338 e. The molecule has 0 saturated carbocycles. The van der Waals surface area contributed by atoms with Crippen LogP contribution in [0.1, 0.15) is 50.0 Å². The molecule has 0 fully saturated rings. The van der Waals surface area contributed by atoms with Crippen molar-refractivity contribution in [3.63, 3.8) is 0 Å². The molecule has 0 saturated heterocycles. The van der Waals surface area contributed by atoms with Crippen LogP contribution in [0.15, 0.2) is 49.1 Å². The van der Waals surface area contributed by atoms with Gasteiger partial charge in [-0.1, -0.05) is 25.6 Å². The summed E-state index contributed by atoms with van der Waals surface area (Å²) in [7, 11) is 0. The number of ether oxygens (including phenoxy) is 2. The number of benzene rings is 2. The van der Waals surface area contributed by atoms with Crippen molar-refractivity contribution >= 4 is 23.5 Å². The van der Waals surface area contributed by atoms with Crippen molar-refractivity contribution in [3.8, 4) is 5.75 Å². The summed E-state index contributed by atoms with van der Waals surface area (Å²) in [4.78, 5) is 39.3. The van der Waals surface area contributed by atoms with E-state index in [1.54, 1.807) is 31.2 Å². The van der Waals surface area contributed by atoms with Gasteiger partial charge in [0.2, 0.25) is 0 Å². The van der Waals surface area contributed by atoms with E-state index in [-0.39, 0.29) is 29.9 Å². The largest absolute Gasteiger partial charge is 0.487 e. The second kappa shape index (κ2) is 8.92. The molecule has 1 aliphatic heterocycles. The van der Waals surface area contributed by atoms with Gasteiger partial charge in [0.25, 0.3) is 11.8 Å². The number of hydrogen-bond acceptors (Lipinski definition) is 6. The van der Waals surface area contributed by atoms with Crippen LogP contribution in [0.25, 0.3) is 0 Å². The molecule has 7 nitrogen and oxygen atoms in total. The molecule has 156 valence electrons. The van der Waals surface area contributed by atoms with Crippen molar-refractivity contribution in [1.29, 1.82) is 0 Å². The van der Waals surface area contributed by atoms with E-state index in [2.05, 4.69) is 6.58 Å². The van der Waals surface area contributed by atoms with Crippen LogP contribution < -0.4 is 9.64 Å². The van der Waals surface area contributed by atoms with E-state index in [0.717, 1.165) is 10.5 Å². The second-order valence-corrected chi connectivity index (χ2v) is 6.94. The first-order valence-corrected chi connectivity index (χ1v) is 9.59. The molecule has 7 heteroatoms. The van der Waals surface area contributed by atoms with Crippen LogP contribution in [0.2, 0.25) is 0 Å². The SMILES string of the molecule is C=CCOc1cc(C)ccc1N1C(=O)c2ccc(C(=O)OCC(O)CC)cc2C1=O. The summed E-state index contributed by atoms with van der Waals surface area (Å²) < 4.78 is 10.7. The lowest BCUT2D eigenvalue weighted by Crippen LogP contribution is -2.29. The summed E-state index contributed by atoms with van der Waals surface area (Å²) >= 11 is 0. The normalized spacial score (nSPS) is 13.8. The lowest BCUT2D eigenvalue weighted by atomic mass is 10.1. The number of hydrogen-bond donors (Lipinski definition) is 1. The zero-order chi connectivity index (χ0) is 21.8. The van der Waals surface area contributed by atoms with Crippen LogP contribution in [-0.2, 0) is 4.74 Å². The van der Waals surface area contributed by atoms with E-state index in [1.165, 1.54) is 18.2 Å². The molecular formula is C23H23NO6. The lowest BCUT2D eigenvalue weighted by molar-refractivity contribution is 0.0250. The predicted octanol–water partition coefficient (Wildman–Crippen LogP) is 3.29. The van der Waals surface area contributed by atoms with Gasteiger partial charge >= 0.3 is 5.97 Å². The summed E-state index contributed by atoms with van der Waals surface area (Å²) in [5, 5.41) is 9.55. The lowest BCUT2D eigenvalue weighted by Gasteiger charge is -2.18. The minimum Gasteiger partial charge on any atom is -0.487 e. The van der Waals surface area contributed by atoms with Crippen LogP contribution in [-0.4, -0.2) is 42.2 Å². The number of nitrogens with zero attached hydrogens (tertiary/aromatic N) is 1. The quantitative estimate of drug-likeness (QED) is 0.409. The van der Waals surface area contributed by atoms with Gasteiger partial charge in [-0.25, -0.2) is 9.69 Å². The number of fused-ring (bicyclic) bond motifs is 1. The zero-order valence-corrected chi connectivity index (χ0v) is 16.9. The van der Waals surface area contributed by atoms with Gasteiger partial charge in [-0.15, -0.1) is 0 Å². The molecule has 2 aromatic carbocycles. The summed E-state index contributed by atoms with van der Waals surface area (Å²) in [5.41, 5.74) is 1.67. The third-order valence-electron chi connectivity index (χ3n) is 4.71. The predicted molar refractivity (Wildman–Crippen MR) is 111 cm³/mol. The molecule has 2 aromatic rings. The first-order chi connectivity index (χ1) is 14.4. The monoisotopic (exact) mass is 409 g/mol. The molecular weight excluding hydrogens is 386 g/mol. The van der Waals surface area contributed by atoms with E-state index in [9.17, 15) is 19.5 Å². The highest BCUT2D eigenvalue weighted by molar-refractivity contribution is 6.35. The Bertz CT molecular complexity index is 1010. The topological polar surface area (TPSA) is 93.1 Å². The summed E-state index contributed by atoms with van der Waals surface area (Å²) in [5.74, 6) is -1.33. The van der Waals surface area contributed by atoms with Crippen molar-refractivity contribution in [2.45, 2.75) is 26.4 Å². The molecule has 0 aliphatic carbocycles. The number of anilines is 1. The number of aliphatic hydroxyl groups is 1. The molecule has 1 unspecified atom stereocenters. The highest BCUT2D eigenvalue weighted by atomic mass is 16.5. The van der Waals surface area contributed by atoms with Gasteiger partial charge in [0.1, 0.15) is 19.0 Å². The van der Waals surface area contributed by atoms with Gasteiger partial charge in [-0.3, -0.25) is 9.59 Å². The number of carbonyl (C=O) groups is 3. The van der Waals surface area contributed by atoms with Crippen LogP contribution >= 0.6 is 0 Å². The maximum atomic E-state index is 13.0. The Hall–Kier alpha value is -3.45. The van der Waals surface area contributed by atoms with Gasteiger partial charge in [0, 0.05) is 0 Å². The number of imide groups is 1. The number of aryl methyl sites for hydroxylation is 1. The molecule has 1 atom stereocenters. The van der Waals surface area contributed by atoms with Crippen LogP contribution in [0.5, 0.6) is 5.75 Å². The van der Waals surface area contributed by atoms with Crippen LogP contribution in [0.4, 0.5) is 5.69 Å². The fourth-order valence-corrected chi connectivity index (χ4v) is 3.03. The minimum atomic E-state index is -0.752. The number of carbonyl (C=O) groups excluding carboxylic acids is 3. The molecule has 0 aromatic heterocycles. The number of rotatable bonds is 8. The second-order valence-electron chi connectivity index (χ2n) is 6.94. The van der Waals surface area contributed by atoms with E-state index >= 15 is 0 Å². The maximum absolute atomic E-state index is 13.0. The third kappa shape index (κ3) is 4.11. The number of amides is 2. The zero-order valence-electron chi connectivity index (χ0n) is 16.9. The van der Waals surface area contributed by atoms with Gasteiger partial charge in [-0.05, 0) is 49.2 Å². The summed E-state index contributed by atoms with van der Waals surface area (Å²) in [6.45, 7) is 7.34. The Labute approximate surface area is 174 Å². The van der Waals surface area contributed by atoms with E-state index in [0.29, 0.717) is 17.9 Å². The Morgan fingerprint density at radius 2 is 1.90 bits per heavy atom. The average molecular weight is 409 g/mol. The smallest absolute Gasteiger partial charge is 0.338 e. The summed E-state index contributed by atoms with van der Waals surface area (Å²) in [6.07, 6.45) is 1.27. The van der Waals surface area contributed by atoms with Crippen molar-refractivity contribution in [1.82, 2.24) is 0 Å². The molecule has 0 spiro atoms. The fraction of sp³-hybridized carbons (Fsp3) is 0.261. The molecule has 0 bridgehead atoms. The van der Waals surface area contributed by atoms with Gasteiger partial charge < -0.3 is 14.6 Å². The Kier molecular flexibility index (Phi) is 6.32. The third-order valence-corrected chi connectivity index (χ3v) is 4.71. The first-order valence-electron chi connectivity index (χ1n) is 9.59. The van der Waals surface area contributed by atoms with Crippen LogP contribution in [0, 0.1) is 6.92 Å². The molecule has 30 heavy (non-hydrogen) atoms. The molecule has 2 amide bonds. The van der Waals surface area contributed by atoms with Gasteiger partial charge in [-0.2, -0.15) is 0 Å². The van der Waals surface area contributed by atoms with E-state index < -0.39 is 23.9 Å². The fourth-order valence-electron chi connectivity index (χ4n) is 3.03. The van der Waals surface area contributed by atoms with E-state index in [4.69, 9.17) is 9.47 Å². The van der Waals surface area contributed by atoms with Crippen molar-refractivity contribution in [2.24, 2.45) is 0 Å². The number of aliphatic hydroxyl groups excluding tert-OH is 1. The molecule has 1 aliphatic rings. The standard InChI is InChI=1S/C23H23NO6/c1-4-10-29-20-11-14(3)6-9-19(20)24-21(26)17-8-7-15(12-18(17)22(24)27)23(28)30-13-16(25)5-2/h4,6-9,11-12,16,25H,1,5,10,13H2,2-3H3. The average Bonchev–Trinajstić information content (AvgIpc) is 3.00. The highest BCUT2D eigenvalue weighted by Gasteiger charge is 2.38. The Morgan fingerprint density at radius 1 is 1.17 bits per heavy atom. The van der Waals surface area contributed by atoms with Crippen molar-refractivity contribution in [2.75, 3.05) is 18.1 Å². The Morgan fingerprint density at radius 3 is 2.60 bits per heavy atom. The van der Waals surface area contributed by atoms with E-state index in [1.807, 2.05) is 6.92 Å². The number of esters is 1. The minimum absolute atomic E-state index is 0.112. The molecule has 1 heterocycles. The first kappa shape index (κ1) is 21.3. The van der Waals surface area contributed by atoms with Gasteiger partial charge in [0.15, 0.2) is 0 Å². The Balaban J connectivity index is 1.91. The van der Waals surface area contributed by atoms with Crippen LogP contribution in [0.3, 0.4) is 0 Å². The molecule has 1 N–H and O–H groups in total. The highest BCUT2D eigenvalue weighted by Crippen LogP contribution is 2.36.